The Morgan fingerprint density at radius 1 is 1.56 bits per heavy atom. The van der Waals surface area contributed by atoms with Gasteiger partial charge in [-0.25, -0.2) is 4.98 Å². The highest BCUT2D eigenvalue weighted by Crippen LogP contribution is 2.25. The summed E-state index contributed by atoms with van der Waals surface area (Å²) in [7, 11) is 4.32. The maximum atomic E-state index is 6.03. The van der Waals surface area contributed by atoms with Gasteiger partial charge in [0, 0.05) is 37.4 Å². The Morgan fingerprint density at radius 3 is 3.00 bits per heavy atom. The van der Waals surface area contributed by atoms with Crippen molar-refractivity contribution in [3.63, 3.8) is 0 Å². The van der Waals surface area contributed by atoms with Crippen LogP contribution in [0.3, 0.4) is 0 Å². The SMILES string of the molecule is C[C@@H](N)c1cccnc1N(C)C1CCCN(C)C1. The fourth-order valence-corrected chi connectivity index (χ4v) is 2.69. The largest absolute Gasteiger partial charge is 0.355 e. The van der Waals surface area contributed by atoms with E-state index < -0.39 is 0 Å². The quantitative estimate of drug-likeness (QED) is 0.883. The summed E-state index contributed by atoms with van der Waals surface area (Å²) in [6, 6.07) is 4.60. The molecule has 100 valence electrons. The van der Waals surface area contributed by atoms with Gasteiger partial charge in [0.05, 0.1) is 0 Å². The fraction of sp³-hybridized carbons (Fsp3) is 0.643. The Kier molecular flexibility index (Phi) is 4.19. The first kappa shape index (κ1) is 13.3. The fourth-order valence-electron chi connectivity index (χ4n) is 2.69. The van der Waals surface area contributed by atoms with E-state index >= 15 is 0 Å². The molecule has 1 unspecified atom stereocenters. The number of piperidine rings is 1. The summed E-state index contributed by atoms with van der Waals surface area (Å²) in [5.74, 6) is 1.04. The van der Waals surface area contributed by atoms with E-state index in [0.717, 1.165) is 17.9 Å². The monoisotopic (exact) mass is 248 g/mol. The molecule has 0 bridgehead atoms. The molecule has 2 heterocycles. The molecule has 1 aliphatic rings. The van der Waals surface area contributed by atoms with Gasteiger partial charge in [-0.1, -0.05) is 6.07 Å². The van der Waals surface area contributed by atoms with Crippen molar-refractivity contribution < 1.29 is 0 Å². The third kappa shape index (κ3) is 2.82. The van der Waals surface area contributed by atoms with Crippen molar-refractivity contribution in [1.29, 1.82) is 0 Å². The zero-order valence-corrected chi connectivity index (χ0v) is 11.6. The van der Waals surface area contributed by atoms with E-state index in [0.29, 0.717) is 6.04 Å². The van der Waals surface area contributed by atoms with E-state index in [-0.39, 0.29) is 6.04 Å². The lowest BCUT2D eigenvalue weighted by molar-refractivity contribution is 0.247. The Bertz CT molecular complexity index is 391. The average Bonchev–Trinajstić information content (AvgIpc) is 2.38. The first-order valence-corrected chi connectivity index (χ1v) is 6.71. The van der Waals surface area contributed by atoms with Crippen LogP contribution < -0.4 is 10.6 Å². The maximum absolute atomic E-state index is 6.03. The van der Waals surface area contributed by atoms with Gasteiger partial charge in [-0.2, -0.15) is 0 Å². The predicted molar refractivity (Wildman–Crippen MR) is 75.8 cm³/mol. The molecule has 2 atom stereocenters. The third-order valence-corrected chi connectivity index (χ3v) is 3.79. The van der Waals surface area contributed by atoms with Gasteiger partial charge >= 0.3 is 0 Å². The van der Waals surface area contributed by atoms with Gasteiger partial charge < -0.3 is 15.5 Å². The summed E-state index contributed by atoms with van der Waals surface area (Å²) in [5, 5.41) is 0. The minimum absolute atomic E-state index is 0.0254. The molecule has 0 spiro atoms. The van der Waals surface area contributed by atoms with Crippen LogP contribution in [0.2, 0.25) is 0 Å². The molecule has 4 nitrogen and oxygen atoms in total. The van der Waals surface area contributed by atoms with Gasteiger partial charge in [-0.3, -0.25) is 0 Å². The summed E-state index contributed by atoms with van der Waals surface area (Å²) in [5.41, 5.74) is 7.16. The Labute approximate surface area is 110 Å². The van der Waals surface area contributed by atoms with Crippen LogP contribution >= 0.6 is 0 Å². The van der Waals surface area contributed by atoms with Crippen LogP contribution in [-0.4, -0.2) is 43.1 Å². The topological polar surface area (TPSA) is 45.4 Å². The van der Waals surface area contributed by atoms with E-state index in [1.54, 1.807) is 0 Å². The molecule has 1 saturated heterocycles. The number of likely N-dealkylation sites (N-methyl/N-ethyl adjacent to an activating group) is 2. The molecule has 18 heavy (non-hydrogen) atoms. The molecule has 1 aromatic heterocycles. The van der Waals surface area contributed by atoms with Crippen molar-refractivity contribution in [3.05, 3.63) is 23.9 Å². The number of aromatic nitrogens is 1. The number of rotatable bonds is 3. The molecule has 0 aromatic carbocycles. The minimum atomic E-state index is 0.0254. The van der Waals surface area contributed by atoms with Crippen LogP contribution in [0.1, 0.15) is 31.4 Å². The van der Waals surface area contributed by atoms with Crippen LogP contribution in [-0.2, 0) is 0 Å². The van der Waals surface area contributed by atoms with E-state index in [4.69, 9.17) is 5.73 Å². The standard InChI is InChI=1S/C14H24N4/c1-11(15)13-7-4-8-16-14(13)18(3)12-6-5-9-17(2)10-12/h4,7-8,11-12H,5-6,9-10,15H2,1-3H3/t11-,12?/m1/s1. The van der Waals surface area contributed by atoms with Crippen molar-refractivity contribution in [3.8, 4) is 0 Å². The molecule has 1 aliphatic heterocycles. The molecule has 0 amide bonds. The van der Waals surface area contributed by atoms with Crippen LogP contribution in [0.4, 0.5) is 5.82 Å². The molecule has 0 radical (unpaired) electrons. The molecule has 0 saturated carbocycles. The van der Waals surface area contributed by atoms with E-state index in [1.807, 2.05) is 19.2 Å². The Balaban J connectivity index is 2.19. The van der Waals surface area contributed by atoms with Gasteiger partial charge in [-0.15, -0.1) is 0 Å². The Hall–Kier alpha value is -1.13. The first-order chi connectivity index (χ1) is 8.59. The smallest absolute Gasteiger partial charge is 0.133 e. The van der Waals surface area contributed by atoms with E-state index in [1.165, 1.54) is 19.4 Å². The van der Waals surface area contributed by atoms with E-state index in [2.05, 4.69) is 34.9 Å². The second kappa shape index (κ2) is 5.67. The molecule has 2 N–H and O–H groups in total. The number of nitrogens with two attached hydrogens (primary N) is 1. The number of anilines is 1. The number of pyridine rings is 1. The number of hydrogen-bond acceptors (Lipinski definition) is 4. The average molecular weight is 248 g/mol. The van der Waals surface area contributed by atoms with Crippen LogP contribution in [0.5, 0.6) is 0 Å². The third-order valence-electron chi connectivity index (χ3n) is 3.79. The van der Waals surface area contributed by atoms with Crippen molar-refractivity contribution in [2.75, 3.05) is 32.1 Å². The summed E-state index contributed by atoms with van der Waals surface area (Å²) < 4.78 is 0. The lowest BCUT2D eigenvalue weighted by Gasteiger charge is -2.37. The summed E-state index contributed by atoms with van der Waals surface area (Å²) >= 11 is 0. The van der Waals surface area contributed by atoms with Crippen LogP contribution in [0.15, 0.2) is 18.3 Å². The lowest BCUT2D eigenvalue weighted by Crippen LogP contribution is -2.45. The molecular weight excluding hydrogens is 224 g/mol. The molecule has 2 rings (SSSR count). The predicted octanol–water partition coefficient (Wildman–Crippen LogP) is 1.63. The number of hydrogen-bond donors (Lipinski definition) is 1. The normalized spacial score (nSPS) is 22.8. The van der Waals surface area contributed by atoms with E-state index in [9.17, 15) is 0 Å². The number of nitrogens with zero attached hydrogens (tertiary/aromatic N) is 3. The van der Waals surface area contributed by atoms with Gasteiger partial charge in [0.2, 0.25) is 0 Å². The van der Waals surface area contributed by atoms with Gasteiger partial charge in [0.25, 0.3) is 0 Å². The van der Waals surface area contributed by atoms with Crippen molar-refractivity contribution in [2.24, 2.45) is 5.73 Å². The second-order valence-corrected chi connectivity index (χ2v) is 5.37. The highest BCUT2D eigenvalue weighted by atomic mass is 15.2. The lowest BCUT2D eigenvalue weighted by atomic mass is 10.0. The van der Waals surface area contributed by atoms with Gasteiger partial charge in [-0.05, 0) is 39.4 Å². The van der Waals surface area contributed by atoms with Gasteiger partial charge in [0.15, 0.2) is 0 Å². The molecule has 0 aliphatic carbocycles. The Morgan fingerprint density at radius 2 is 2.33 bits per heavy atom. The van der Waals surface area contributed by atoms with Crippen molar-refractivity contribution in [1.82, 2.24) is 9.88 Å². The summed E-state index contributed by atoms with van der Waals surface area (Å²) in [6.07, 6.45) is 4.34. The molecule has 1 aromatic rings. The zero-order chi connectivity index (χ0) is 13.1. The number of likely N-dealkylation sites (tertiary alicyclic amines) is 1. The molecule has 4 heteroatoms. The van der Waals surface area contributed by atoms with Crippen molar-refractivity contribution >= 4 is 5.82 Å². The zero-order valence-electron chi connectivity index (χ0n) is 11.6. The van der Waals surface area contributed by atoms with Crippen molar-refractivity contribution in [2.45, 2.75) is 31.8 Å². The first-order valence-electron chi connectivity index (χ1n) is 6.71. The molecule has 1 fully saturated rings. The summed E-state index contributed by atoms with van der Waals surface area (Å²) in [6.45, 7) is 4.32. The molecular formula is C14H24N4. The maximum Gasteiger partial charge on any atom is 0.133 e. The van der Waals surface area contributed by atoms with Gasteiger partial charge in [0.1, 0.15) is 5.82 Å². The minimum Gasteiger partial charge on any atom is -0.355 e. The highest BCUT2D eigenvalue weighted by molar-refractivity contribution is 5.48. The summed E-state index contributed by atoms with van der Waals surface area (Å²) in [4.78, 5) is 9.22. The van der Waals surface area contributed by atoms with Crippen LogP contribution in [0, 0.1) is 0 Å². The van der Waals surface area contributed by atoms with Crippen LogP contribution in [0.25, 0.3) is 0 Å². The highest BCUT2D eigenvalue weighted by Gasteiger charge is 2.23. The second-order valence-electron chi connectivity index (χ2n) is 5.37.